The van der Waals surface area contributed by atoms with E-state index < -0.39 is 23.4 Å². The molecular weight excluding hydrogens is 470 g/mol. The molecule has 1 aliphatic heterocycles. The van der Waals surface area contributed by atoms with E-state index in [4.69, 9.17) is 9.72 Å². The Bertz CT molecular complexity index is 1210. The SMILES string of the molecule is CCN1C(=O)[C@H](CCO)N(CC)c2nc(CCc3cnn(Cc4cc(F)c(OC)c(F)c4)c3)ncc21. The Labute approximate surface area is 208 Å². The maximum atomic E-state index is 14.0. The highest BCUT2D eigenvalue weighted by atomic mass is 19.1. The molecule has 9 nitrogen and oxygen atoms in total. The molecule has 0 spiro atoms. The molecule has 4 rings (SSSR count). The number of carbonyl (C=O) groups excluding carboxylic acids is 1. The van der Waals surface area contributed by atoms with Crippen LogP contribution in [0.4, 0.5) is 20.3 Å². The van der Waals surface area contributed by atoms with Gasteiger partial charge in [-0.05, 0) is 49.9 Å². The van der Waals surface area contributed by atoms with Crippen molar-refractivity contribution in [3.05, 3.63) is 59.3 Å². The zero-order valence-corrected chi connectivity index (χ0v) is 20.6. The normalized spacial score (nSPS) is 15.4. The number of halogens is 2. The molecule has 11 heteroatoms. The molecule has 0 aliphatic carbocycles. The van der Waals surface area contributed by atoms with Gasteiger partial charge in [-0.25, -0.2) is 18.7 Å². The molecule has 3 aromatic rings. The molecular formula is C25H30F2N6O3. The second kappa shape index (κ2) is 11.0. The molecule has 0 fully saturated rings. The molecule has 0 saturated carbocycles. The molecule has 2 aromatic heterocycles. The van der Waals surface area contributed by atoms with Gasteiger partial charge in [-0.15, -0.1) is 0 Å². The summed E-state index contributed by atoms with van der Waals surface area (Å²) in [6.07, 6.45) is 6.73. The number of methoxy groups -OCH3 is 1. The van der Waals surface area contributed by atoms with Gasteiger partial charge in [0.2, 0.25) is 5.91 Å². The van der Waals surface area contributed by atoms with E-state index in [-0.39, 0.29) is 19.1 Å². The largest absolute Gasteiger partial charge is 0.491 e. The summed E-state index contributed by atoms with van der Waals surface area (Å²) in [7, 11) is 1.22. The van der Waals surface area contributed by atoms with Gasteiger partial charge in [-0.3, -0.25) is 9.48 Å². The van der Waals surface area contributed by atoms with Crippen LogP contribution in [0, 0.1) is 11.6 Å². The quantitative estimate of drug-likeness (QED) is 0.457. The number of aryl methyl sites for hydroxylation is 2. The number of benzene rings is 1. The highest BCUT2D eigenvalue weighted by Crippen LogP contribution is 2.34. The Morgan fingerprint density at radius 2 is 1.83 bits per heavy atom. The summed E-state index contributed by atoms with van der Waals surface area (Å²) in [6, 6.07) is 2.01. The topological polar surface area (TPSA) is 96.6 Å². The average Bonchev–Trinajstić information content (AvgIpc) is 3.30. The average molecular weight is 501 g/mol. The van der Waals surface area contributed by atoms with Crippen molar-refractivity contribution in [1.29, 1.82) is 0 Å². The molecule has 1 aromatic carbocycles. The van der Waals surface area contributed by atoms with Crippen LogP contribution >= 0.6 is 0 Å². The molecule has 1 atom stereocenters. The van der Waals surface area contributed by atoms with E-state index in [1.54, 1.807) is 22.0 Å². The van der Waals surface area contributed by atoms with E-state index in [0.717, 1.165) is 5.56 Å². The van der Waals surface area contributed by atoms with E-state index in [9.17, 15) is 18.7 Å². The maximum Gasteiger partial charge on any atom is 0.249 e. The second-order valence-electron chi connectivity index (χ2n) is 8.53. The lowest BCUT2D eigenvalue weighted by molar-refractivity contribution is -0.120. The lowest BCUT2D eigenvalue weighted by Gasteiger charge is -2.41. The summed E-state index contributed by atoms with van der Waals surface area (Å²) in [5, 5.41) is 13.8. The van der Waals surface area contributed by atoms with Crippen LogP contribution in [0.3, 0.4) is 0 Å². The molecule has 0 unspecified atom stereocenters. The second-order valence-corrected chi connectivity index (χ2v) is 8.53. The number of hydrogen-bond donors (Lipinski definition) is 1. The first-order chi connectivity index (χ1) is 17.4. The van der Waals surface area contributed by atoms with Gasteiger partial charge >= 0.3 is 0 Å². The molecule has 0 radical (unpaired) electrons. The Balaban J connectivity index is 1.48. The zero-order chi connectivity index (χ0) is 25.8. The third-order valence-corrected chi connectivity index (χ3v) is 6.28. The van der Waals surface area contributed by atoms with Crippen LogP contribution in [0.2, 0.25) is 0 Å². The first-order valence-electron chi connectivity index (χ1n) is 12.0. The van der Waals surface area contributed by atoms with E-state index in [2.05, 4.69) is 10.1 Å². The Morgan fingerprint density at radius 1 is 1.08 bits per heavy atom. The van der Waals surface area contributed by atoms with Gasteiger partial charge in [0.05, 0.1) is 26.0 Å². The smallest absolute Gasteiger partial charge is 0.249 e. The minimum Gasteiger partial charge on any atom is -0.491 e. The van der Waals surface area contributed by atoms with Gasteiger partial charge in [0, 0.05) is 32.3 Å². The molecule has 36 heavy (non-hydrogen) atoms. The highest BCUT2D eigenvalue weighted by Gasteiger charge is 2.37. The van der Waals surface area contributed by atoms with Crippen molar-refractivity contribution >= 4 is 17.4 Å². The third kappa shape index (κ3) is 5.01. The van der Waals surface area contributed by atoms with Crippen LogP contribution in [0.5, 0.6) is 5.75 Å². The van der Waals surface area contributed by atoms with Gasteiger partial charge in [0.15, 0.2) is 23.2 Å². The number of anilines is 2. The standard InChI is InChI=1S/C25H30F2N6O3/c1-4-32-20(8-9-34)25(35)33(5-2)21-13-28-22(30-24(21)32)7-6-16-12-29-31(14-16)15-17-10-18(26)23(36-3)19(27)11-17/h10-14,20,34H,4-9,15H2,1-3H3/t20-/m0/s1. The maximum absolute atomic E-state index is 14.0. The summed E-state index contributed by atoms with van der Waals surface area (Å²) in [4.78, 5) is 25.8. The summed E-state index contributed by atoms with van der Waals surface area (Å²) in [5.74, 6) is -0.638. The molecule has 0 saturated heterocycles. The number of carbonyl (C=O) groups is 1. The van der Waals surface area contributed by atoms with Crippen LogP contribution in [0.25, 0.3) is 0 Å². The molecule has 192 valence electrons. The van der Waals surface area contributed by atoms with Crippen LogP contribution in [0.15, 0.2) is 30.7 Å². The fourth-order valence-electron chi connectivity index (χ4n) is 4.57. The predicted molar refractivity (Wildman–Crippen MR) is 130 cm³/mol. The number of hydrogen-bond acceptors (Lipinski definition) is 7. The highest BCUT2D eigenvalue weighted by molar-refractivity contribution is 6.04. The monoisotopic (exact) mass is 500 g/mol. The summed E-state index contributed by atoms with van der Waals surface area (Å²) >= 11 is 0. The Kier molecular flexibility index (Phi) is 7.78. The van der Waals surface area contributed by atoms with E-state index in [0.29, 0.717) is 55.2 Å². The summed E-state index contributed by atoms with van der Waals surface area (Å²) in [6.45, 7) is 5.06. The van der Waals surface area contributed by atoms with E-state index >= 15 is 0 Å². The van der Waals surface area contributed by atoms with E-state index in [1.165, 1.54) is 19.2 Å². The number of aromatic nitrogens is 4. The molecule has 0 bridgehead atoms. The lowest BCUT2D eigenvalue weighted by atomic mass is 10.1. The lowest BCUT2D eigenvalue weighted by Crippen LogP contribution is -2.54. The first-order valence-corrected chi connectivity index (χ1v) is 12.0. The number of amides is 1. The number of fused-ring (bicyclic) bond motifs is 1. The van der Waals surface area contributed by atoms with Crippen LogP contribution in [0.1, 0.15) is 37.2 Å². The third-order valence-electron chi connectivity index (χ3n) is 6.28. The number of nitrogens with zero attached hydrogens (tertiary/aromatic N) is 6. The minimum atomic E-state index is -0.755. The van der Waals surface area contributed by atoms with Gasteiger partial charge in [0.1, 0.15) is 17.6 Å². The van der Waals surface area contributed by atoms with Gasteiger partial charge in [0.25, 0.3) is 0 Å². The number of likely N-dealkylation sites (N-methyl/N-ethyl adjacent to an activating group) is 2. The number of aliphatic hydroxyl groups excluding tert-OH is 1. The molecule has 1 N–H and O–H groups in total. The van der Waals surface area contributed by atoms with Crippen molar-refractivity contribution in [3.63, 3.8) is 0 Å². The van der Waals surface area contributed by atoms with Crippen molar-refractivity contribution in [1.82, 2.24) is 19.7 Å². The molecule has 1 amide bonds. The summed E-state index contributed by atoms with van der Waals surface area (Å²) < 4.78 is 34.3. The molecule has 1 aliphatic rings. The van der Waals surface area contributed by atoms with Gasteiger partial charge in [-0.1, -0.05) is 0 Å². The minimum absolute atomic E-state index is 0.0544. The zero-order valence-electron chi connectivity index (χ0n) is 20.6. The van der Waals surface area contributed by atoms with Crippen molar-refractivity contribution in [2.24, 2.45) is 0 Å². The van der Waals surface area contributed by atoms with E-state index in [1.807, 2.05) is 24.9 Å². The number of ether oxygens (including phenoxy) is 1. The first kappa shape index (κ1) is 25.5. The number of aliphatic hydroxyl groups is 1. The predicted octanol–water partition coefficient (Wildman–Crippen LogP) is 2.74. The fourth-order valence-corrected chi connectivity index (χ4v) is 4.57. The molecule has 3 heterocycles. The van der Waals surface area contributed by atoms with Crippen molar-refractivity contribution in [3.8, 4) is 5.75 Å². The number of rotatable bonds is 10. The van der Waals surface area contributed by atoms with Crippen molar-refractivity contribution in [2.45, 2.75) is 45.7 Å². The van der Waals surface area contributed by atoms with Crippen molar-refractivity contribution in [2.75, 3.05) is 36.6 Å². The Morgan fingerprint density at radius 3 is 2.47 bits per heavy atom. The van der Waals surface area contributed by atoms with Crippen LogP contribution < -0.4 is 14.5 Å². The van der Waals surface area contributed by atoms with Gasteiger partial charge < -0.3 is 19.6 Å². The van der Waals surface area contributed by atoms with Crippen LogP contribution in [-0.4, -0.2) is 63.6 Å². The van der Waals surface area contributed by atoms with Crippen LogP contribution in [-0.2, 0) is 24.2 Å². The Hall–Kier alpha value is -3.60. The van der Waals surface area contributed by atoms with Crippen molar-refractivity contribution < 1.29 is 23.4 Å². The fraction of sp³-hybridized carbons (Fsp3) is 0.440. The summed E-state index contributed by atoms with van der Waals surface area (Å²) in [5.41, 5.74) is 2.04. The van der Waals surface area contributed by atoms with Gasteiger partial charge in [-0.2, -0.15) is 5.10 Å².